The topological polar surface area (TPSA) is 24.5 Å². The molecule has 6 heteroatoms. The van der Waals surface area contributed by atoms with Crippen LogP contribution in [-0.2, 0) is 23.7 Å². The summed E-state index contributed by atoms with van der Waals surface area (Å²) < 4.78 is 22.9. The van der Waals surface area contributed by atoms with E-state index in [-0.39, 0.29) is 21.9 Å². The van der Waals surface area contributed by atoms with Crippen LogP contribution in [0.25, 0.3) is 11.1 Å². The van der Waals surface area contributed by atoms with E-state index in [1.54, 1.807) is 0 Å². The standard InChI is InChI=1S/C65H104N4O2/c1-15-21-38-68(39-22-16-2,40-23-17-3)44-34-51-30-29-31-52(35-45-69(41-24-18-4,42-25-19-5)43-26-20-6)59(51)53-32-33-58-54(46-53)49-66-63(13)36-27-28-37-64(63,14)67-50-55-47-56(61(7,8)9)48-57(62(10,11)12)60(55)71-65(66,67)70-58/h29-33,46-50H,15-28,34-45H2,1-14H3/q+4. The fourth-order valence-electron chi connectivity index (χ4n) is 13.4. The summed E-state index contributed by atoms with van der Waals surface area (Å²) in [6.45, 7) is 43.5. The molecule has 4 aliphatic rings. The molecule has 0 bridgehead atoms. The van der Waals surface area contributed by atoms with Gasteiger partial charge in [0, 0.05) is 45.1 Å². The van der Waals surface area contributed by atoms with Crippen molar-refractivity contribution in [1.29, 1.82) is 0 Å². The largest absolute Gasteiger partial charge is 0.705 e. The highest BCUT2D eigenvalue weighted by atomic mass is 16.7. The number of hydrogen-bond donors (Lipinski definition) is 0. The van der Waals surface area contributed by atoms with Crippen LogP contribution in [0, 0.1) is 0 Å². The van der Waals surface area contributed by atoms with Gasteiger partial charge in [0.15, 0.2) is 23.9 Å². The average molecular weight is 974 g/mol. The molecule has 3 aromatic rings. The van der Waals surface area contributed by atoms with Crippen LogP contribution in [0.1, 0.15) is 233 Å². The Kier molecular flexibility index (Phi) is 17.6. The Balaban J connectivity index is 1.38. The second kappa shape index (κ2) is 22.6. The number of nitrogens with zero attached hydrogens (tertiary/aromatic N) is 4. The van der Waals surface area contributed by atoms with E-state index in [0.717, 1.165) is 42.7 Å². The van der Waals surface area contributed by atoms with E-state index in [9.17, 15) is 0 Å². The van der Waals surface area contributed by atoms with Gasteiger partial charge in [0.05, 0.1) is 63.5 Å². The van der Waals surface area contributed by atoms with Crippen molar-refractivity contribution in [2.24, 2.45) is 0 Å². The molecule has 1 spiro atoms. The zero-order valence-corrected chi connectivity index (χ0v) is 48.3. The fraction of sp³-hybridized carbons (Fsp3) is 0.692. The molecule has 2 fully saturated rings. The molecule has 7 rings (SSSR count). The van der Waals surface area contributed by atoms with E-state index in [4.69, 9.17) is 9.47 Å². The van der Waals surface area contributed by atoms with Crippen LogP contribution in [0.2, 0.25) is 0 Å². The van der Waals surface area contributed by atoms with Gasteiger partial charge in [0.1, 0.15) is 0 Å². The van der Waals surface area contributed by atoms with Crippen molar-refractivity contribution >= 4 is 12.4 Å². The van der Waals surface area contributed by atoms with Crippen molar-refractivity contribution in [2.75, 3.05) is 52.4 Å². The maximum absolute atomic E-state index is 7.66. The van der Waals surface area contributed by atoms with Crippen molar-refractivity contribution in [2.45, 2.75) is 240 Å². The summed E-state index contributed by atoms with van der Waals surface area (Å²) in [4.78, 5) is 0. The minimum absolute atomic E-state index is 0.00533. The van der Waals surface area contributed by atoms with Crippen LogP contribution in [0.4, 0.5) is 0 Å². The molecule has 0 aromatic heterocycles. The van der Waals surface area contributed by atoms with Crippen LogP contribution in [0.5, 0.6) is 11.5 Å². The number of unbranched alkanes of at least 4 members (excludes halogenated alkanes) is 6. The van der Waals surface area contributed by atoms with Gasteiger partial charge in [-0.1, -0.05) is 161 Å². The lowest BCUT2D eigenvalue weighted by Crippen LogP contribution is -2.61. The molecule has 3 aromatic carbocycles. The van der Waals surface area contributed by atoms with Crippen LogP contribution in [0.15, 0.2) is 48.5 Å². The van der Waals surface area contributed by atoms with Crippen molar-refractivity contribution in [3.8, 4) is 22.6 Å². The molecular weight excluding hydrogens is 869 g/mol. The molecule has 3 aliphatic heterocycles. The number of hydrogen-bond acceptors (Lipinski definition) is 2. The Morgan fingerprint density at radius 3 is 1.39 bits per heavy atom. The Morgan fingerprint density at radius 1 is 0.521 bits per heavy atom. The molecule has 1 saturated carbocycles. The average Bonchev–Trinajstić information content (AvgIpc) is 3.51. The zero-order valence-electron chi connectivity index (χ0n) is 48.3. The predicted octanol–water partition coefficient (Wildman–Crippen LogP) is 15.5. The van der Waals surface area contributed by atoms with Gasteiger partial charge in [-0.2, -0.15) is 0 Å². The van der Waals surface area contributed by atoms with Crippen molar-refractivity contribution in [3.63, 3.8) is 0 Å². The minimum Gasteiger partial charge on any atom is -0.341 e. The predicted molar refractivity (Wildman–Crippen MR) is 302 cm³/mol. The van der Waals surface area contributed by atoms with Crippen LogP contribution < -0.4 is 9.47 Å². The first kappa shape index (κ1) is 55.3. The summed E-state index contributed by atoms with van der Waals surface area (Å²) in [5.41, 5.74) is 10.3. The highest BCUT2D eigenvalue weighted by molar-refractivity contribution is 5.87. The second-order valence-electron chi connectivity index (χ2n) is 25.7. The van der Waals surface area contributed by atoms with Crippen LogP contribution in [-0.4, -0.2) is 100 Å². The Bertz CT molecular complexity index is 2250. The van der Waals surface area contributed by atoms with Gasteiger partial charge in [-0.05, 0) is 108 Å². The first-order valence-electron chi connectivity index (χ1n) is 29.6. The van der Waals surface area contributed by atoms with E-state index in [0.29, 0.717) is 0 Å². The molecule has 1 saturated heterocycles. The summed E-state index contributed by atoms with van der Waals surface area (Å²) in [7, 11) is 0. The van der Waals surface area contributed by atoms with Crippen LogP contribution in [0.3, 0.4) is 0 Å². The smallest absolute Gasteiger partial charge is 0.341 e. The van der Waals surface area contributed by atoms with Gasteiger partial charge in [-0.25, -0.2) is 0 Å². The molecule has 3 unspecified atom stereocenters. The SMILES string of the molecule is CCCC[N+](CCCC)(CCCC)CCc1cccc(CC[N+](CCCC)(CCCC)CCCC)c1-c1ccc2c(c1)C=[N+]1C3(O2)Oc2c(cc(C(C)(C)C)cc2C(C)(C)C)C=[N+]3C2(C)CCCCC12C. The lowest BCUT2D eigenvalue weighted by atomic mass is 9.69. The number of fused-ring (bicyclic) bond motifs is 5. The number of rotatable bonds is 25. The molecule has 0 radical (unpaired) electrons. The molecular formula is C65H104N4O2+4. The van der Waals surface area contributed by atoms with Gasteiger partial charge in [-0.15, -0.1) is 0 Å². The fourth-order valence-corrected chi connectivity index (χ4v) is 13.4. The molecule has 392 valence electrons. The number of quaternary nitrogens is 2. The van der Waals surface area contributed by atoms with E-state index in [1.165, 1.54) is 190 Å². The lowest BCUT2D eigenvalue weighted by Gasteiger charge is -2.40. The molecule has 1 aliphatic carbocycles. The third-order valence-corrected chi connectivity index (χ3v) is 18.4. The van der Waals surface area contributed by atoms with Crippen molar-refractivity contribution in [1.82, 2.24) is 0 Å². The molecule has 71 heavy (non-hydrogen) atoms. The highest BCUT2D eigenvalue weighted by Gasteiger charge is 2.86. The van der Waals surface area contributed by atoms with Crippen LogP contribution >= 0.6 is 0 Å². The summed E-state index contributed by atoms with van der Waals surface area (Å²) in [6, 6.07) is 18.3. The maximum Gasteiger partial charge on any atom is 0.705 e. The third-order valence-electron chi connectivity index (χ3n) is 18.4. The van der Waals surface area contributed by atoms with Crippen molar-refractivity contribution < 1.29 is 27.6 Å². The van der Waals surface area contributed by atoms with Gasteiger partial charge in [0.25, 0.3) is 0 Å². The summed E-state index contributed by atoms with van der Waals surface area (Å²) in [5.74, 6) is 1.87. The normalized spacial score (nSPS) is 21.8. The summed E-state index contributed by atoms with van der Waals surface area (Å²) >= 11 is 0. The number of ether oxygens (including phenoxy) is 2. The number of benzene rings is 3. The first-order chi connectivity index (χ1) is 33.8. The first-order valence-corrected chi connectivity index (χ1v) is 29.6. The summed E-state index contributed by atoms with van der Waals surface area (Å²) in [5, 5.41) is 0. The third kappa shape index (κ3) is 11.2. The monoisotopic (exact) mass is 973 g/mol. The van der Waals surface area contributed by atoms with Gasteiger partial charge >= 0.3 is 6.03 Å². The van der Waals surface area contributed by atoms with Gasteiger partial charge in [-0.3, -0.25) is 0 Å². The Morgan fingerprint density at radius 2 is 0.972 bits per heavy atom. The molecule has 6 nitrogen and oxygen atoms in total. The summed E-state index contributed by atoms with van der Waals surface area (Å²) in [6.07, 6.45) is 27.1. The quantitative estimate of drug-likeness (QED) is 0.0624. The van der Waals surface area contributed by atoms with Crippen molar-refractivity contribution in [3.05, 3.63) is 81.9 Å². The van der Waals surface area contributed by atoms with E-state index in [2.05, 4.69) is 167 Å². The second-order valence-corrected chi connectivity index (χ2v) is 25.7. The van der Waals surface area contributed by atoms with E-state index >= 15 is 0 Å². The highest BCUT2D eigenvalue weighted by Crippen LogP contribution is 2.56. The zero-order chi connectivity index (χ0) is 51.3. The minimum atomic E-state index is -1.13. The Hall–Kier alpha value is -3.48. The molecule has 0 amide bonds. The maximum atomic E-state index is 7.66. The van der Waals surface area contributed by atoms with Gasteiger partial charge in [0.2, 0.25) is 11.1 Å². The van der Waals surface area contributed by atoms with Gasteiger partial charge < -0.3 is 18.4 Å². The Labute approximate surface area is 435 Å². The lowest BCUT2D eigenvalue weighted by molar-refractivity contribution is -0.928. The molecule has 0 N–H and O–H groups in total. The van der Waals surface area contributed by atoms with E-state index in [1.807, 2.05) is 0 Å². The molecule has 3 atom stereocenters. The van der Waals surface area contributed by atoms with E-state index < -0.39 is 6.03 Å². The molecule has 3 heterocycles.